The maximum atomic E-state index is 12.3. The summed E-state index contributed by atoms with van der Waals surface area (Å²) in [4.78, 5) is 24.4. The molecule has 0 spiro atoms. The van der Waals surface area contributed by atoms with Crippen LogP contribution in [0.3, 0.4) is 0 Å². The van der Waals surface area contributed by atoms with Crippen LogP contribution in [0.25, 0.3) is 0 Å². The highest BCUT2D eigenvalue weighted by atomic mass is 16.5. The van der Waals surface area contributed by atoms with Crippen molar-refractivity contribution in [1.29, 1.82) is 0 Å². The molecule has 0 saturated carbocycles. The van der Waals surface area contributed by atoms with Gasteiger partial charge in [-0.1, -0.05) is 32.0 Å². The van der Waals surface area contributed by atoms with Crippen LogP contribution in [0.2, 0.25) is 0 Å². The first-order valence-corrected chi connectivity index (χ1v) is 10.3. The molecule has 168 valence electrons. The molecule has 0 saturated heterocycles. The topological polar surface area (TPSA) is 83.1 Å². The van der Waals surface area contributed by atoms with Crippen molar-refractivity contribution >= 4 is 17.6 Å². The van der Waals surface area contributed by atoms with E-state index in [2.05, 4.69) is 19.2 Å². The van der Waals surface area contributed by atoms with Crippen molar-refractivity contribution in [2.45, 2.75) is 39.0 Å². The lowest BCUT2D eigenvalue weighted by Gasteiger charge is -2.15. The van der Waals surface area contributed by atoms with E-state index in [1.165, 1.54) is 21.3 Å². The van der Waals surface area contributed by atoms with Gasteiger partial charge in [0.2, 0.25) is 5.75 Å². The first-order chi connectivity index (χ1) is 14.9. The molecule has 0 bridgehead atoms. The van der Waals surface area contributed by atoms with Crippen molar-refractivity contribution in [2.24, 2.45) is 0 Å². The van der Waals surface area contributed by atoms with Crippen LogP contribution in [0.1, 0.15) is 43.7 Å². The monoisotopic (exact) mass is 429 g/mol. The third-order valence-corrected chi connectivity index (χ3v) is 5.08. The lowest BCUT2D eigenvalue weighted by atomic mass is 9.97. The van der Waals surface area contributed by atoms with E-state index in [4.69, 9.17) is 18.9 Å². The predicted molar refractivity (Wildman–Crippen MR) is 119 cm³/mol. The van der Waals surface area contributed by atoms with Gasteiger partial charge in [-0.25, -0.2) is 0 Å². The Labute approximate surface area is 183 Å². The van der Waals surface area contributed by atoms with Gasteiger partial charge in [0.05, 0.1) is 21.3 Å². The zero-order chi connectivity index (χ0) is 22.8. The number of methoxy groups -OCH3 is 3. The maximum absolute atomic E-state index is 12.3. The van der Waals surface area contributed by atoms with Crippen molar-refractivity contribution in [1.82, 2.24) is 0 Å². The minimum Gasteiger partial charge on any atom is -0.493 e. The summed E-state index contributed by atoms with van der Waals surface area (Å²) in [5.74, 6) is 1.02. The number of carbonyl (C=O) groups excluding carboxylic acids is 2. The second kappa shape index (κ2) is 11.8. The summed E-state index contributed by atoms with van der Waals surface area (Å²) in [6.07, 6.45) is 1.49. The van der Waals surface area contributed by atoms with Gasteiger partial charge in [0.1, 0.15) is 0 Å². The fourth-order valence-electron chi connectivity index (χ4n) is 3.19. The molecule has 2 aromatic rings. The first kappa shape index (κ1) is 24.1. The van der Waals surface area contributed by atoms with Gasteiger partial charge in [0.25, 0.3) is 5.91 Å². The van der Waals surface area contributed by atoms with Crippen LogP contribution in [0.15, 0.2) is 36.4 Å². The number of anilines is 1. The molecule has 1 N–H and O–H groups in total. The number of amides is 1. The van der Waals surface area contributed by atoms with Gasteiger partial charge < -0.3 is 24.3 Å². The minimum absolute atomic E-state index is 0.120. The van der Waals surface area contributed by atoms with E-state index in [1.54, 1.807) is 12.1 Å². The van der Waals surface area contributed by atoms with E-state index in [0.717, 1.165) is 23.2 Å². The molecule has 0 aliphatic carbocycles. The summed E-state index contributed by atoms with van der Waals surface area (Å²) < 4.78 is 21.1. The molecule has 0 aliphatic rings. The van der Waals surface area contributed by atoms with E-state index in [1.807, 2.05) is 24.3 Å². The number of carbonyl (C=O) groups is 2. The normalized spacial score (nSPS) is 11.4. The van der Waals surface area contributed by atoms with Crippen molar-refractivity contribution in [2.75, 3.05) is 33.3 Å². The summed E-state index contributed by atoms with van der Waals surface area (Å²) >= 11 is 0. The van der Waals surface area contributed by atoms with Crippen LogP contribution in [-0.4, -0.2) is 39.8 Å². The Bertz CT molecular complexity index is 870. The van der Waals surface area contributed by atoms with Crippen LogP contribution >= 0.6 is 0 Å². The molecular weight excluding hydrogens is 398 g/mol. The summed E-state index contributed by atoms with van der Waals surface area (Å²) in [6, 6.07) is 11.2. The number of hydrogen-bond donors (Lipinski definition) is 1. The van der Waals surface area contributed by atoms with Crippen LogP contribution in [0, 0.1) is 0 Å². The highest BCUT2D eigenvalue weighted by molar-refractivity contribution is 5.93. The molecule has 2 rings (SSSR count). The first-order valence-electron chi connectivity index (χ1n) is 10.3. The van der Waals surface area contributed by atoms with E-state index in [0.29, 0.717) is 29.6 Å². The van der Waals surface area contributed by atoms with E-state index >= 15 is 0 Å². The second-order valence-electron chi connectivity index (χ2n) is 7.14. The number of benzene rings is 2. The van der Waals surface area contributed by atoms with Crippen LogP contribution in [-0.2, 0) is 20.7 Å². The summed E-state index contributed by atoms with van der Waals surface area (Å²) in [7, 11) is 4.60. The number of esters is 1. The molecule has 2 aromatic carbocycles. The molecule has 0 radical (unpaired) electrons. The van der Waals surface area contributed by atoms with E-state index < -0.39 is 5.97 Å². The van der Waals surface area contributed by atoms with Gasteiger partial charge in [0, 0.05) is 12.1 Å². The molecule has 1 atom stereocenters. The van der Waals surface area contributed by atoms with Crippen molar-refractivity contribution in [3.63, 3.8) is 0 Å². The highest BCUT2D eigenvalue weighted by Crippen LogP contribution is 2.38. The van der Waals surface area contributed by atoms with Gasteiger partial charge in [0.15, 0.2) is 18.1 Å². The summed E-state index contributed by atoms with van der Waals surface area (Å²) in [5, 5.41) is 2.83. The second-order valence-corrected chi connectivity index (χ2v) is 7.14. The fourth-order valence-corrected chi connectivity index (χ4v) is 3.19. The average Bonchev–Trinajstić information content (AvgIpc) is 2.80. The molecule has 7 nitrogen and oxygen atoms in total. The number of hydrogen-bond acceptors (Lipinski definition) is 6. The third kappa shape index (κ3) is 6.64. The lowest BCUT2D eigenvalue weighted by molar-refractivity contribution is -0.147. The van der Waals surface area contributed by atoms with Crippen LogP contribution in [0.4, 0.5) is 5.69 Å². The Balaban J connectivity index is 1.90. The summed E-state index contributed by atoms with van der Waals surface area (Å²) in [6.45, 7) is 3.87. The molecule has 0 heterocycles. The highest BCUT2D eigenvalue weighted by Gasteiger charge is 2.15. The number of ether oxygens (including phenoxy) is 4. The SMILES string of the molecule is CC[C@H](C)c1ccccc1NC(=O)COC(=O)CCc1cc(OC)c(OC)c(OC)c1. The Kier molecular flexibility index (Phi) is 9.18. The predicted octanol–water partition coefficient (Wildman–Crippen LogP) is 4.34. The quantitative estimate of drug-likeness (QED) is 0.535. The van der Waals surface area contributed by atoms with E-state index in [9.17, 15) is 9.59 Å². The number of nitrogens with one attached hydrogen (secondary N) is 1. The standard InChI is InChI=1S/C24H31NO6/c1-6-16(2)18-9-7-8-10-19(18)25-22(26)15-31-23(27)12-11-17-13-20(28-3)24(30-5)21(14-17)29-4/h7-10,13-14,16H,6,11-12,15H2,1-5H3,(H,25,26)/t16-/m0/s1. The van der Waals surface area contributed by atoms with Crippen molar-refractivity contribution < 1.29 is 28.5 Å². The lowest BCUT2D eigenvalue weighted by Crippen LogP contribution is -2.21. The zero-order valence-corrected chi connectivity index (χ0v) is 18.8. The van der Waals surface area contributed by atoms with Gasteiger partial charge in [-0.2, -0.15) is 0 Å². The molecule has 7 heteroatoms. The number of para-hydroxylation sites is 1. The van der Waals surface area contributed by atoms with Gasteiger partial charge >= 0.3 is 5.97 Å². The Morgan fingerprint density at radius 3 is 2.23 bits per heavy atom. The molecular formula is C24H31NO6. The Morgan fingerprint density at radius 2 is 1.65 bits per heavy atom. The summed E-state index contributed by atoms with van der Waals surface area (Å²) in [5.41, 5.74) is 2.64. The molecule has 0 aromatic heterocycles. The third-order valence-electron chi connectivity index (χ3n) is 5.08. The largest absolute Gasteiger partial charge is 0.493 e. The van der Waals surface area contributed by atoms with Crippen molar-refractivity contribution in [3.05, 3.63) is 47.5 Å². The van der Waals surface area contributed by atoms with Crippen LogP contribution in [0.5, 0.6) is 17.2 Å². The Hall–Kier alpha value is -3.22. The van der Waals surface area contributed by atoms with E-state index in [-0.39, 0.29) is 18.9 Å². The van der Waals surface area contributed by atoms with Crippen LogP contribution < -0.4 is 19.5 Å². The molecule has 0 fully saturated rings. The smallest absolute Gasteiger partial charge is 0.306 e. The average molecular weight is 430 g/mol. The molecule has 0 aliphatic heterocycles. The maximum Gasteiger partial charge on any atom is 0.306 e. The molecule has 31 heavy (non-hydrogen) atoms. The van der Waals surface area contributed by atoms with Crippen molar-refractivity contribution in [3.8, 4) is 17.2 Å². The fraction of sp³-hybridized carbons (Fsp3) is 0.417. The minimum atomic E-state index is -0.459. The van der Waals surface area contributed by atoms with Gasteiger partial charge in [-0.05, 0) is 48.1 Å². The van der Waals surface area contributed by atoms with Gasteiger partial charge in [-0.3, -0.25) is 9.59 Å². The Morgan fingerprint density at radius 1 is 1.00 bits per heavy atom. The number of aryl methyl sites for hydroxylation is 1. The van der Waals surface area contributed by atoms with Gasteiger partial charge in [-0.15, -0.1) is 0 Å². The number of rotatable bonds is 11. The molecule has 1 amide bonds. The molecule has 0 unspecified atom stereocenters. The zero-order valence-electron chi connectivity index (χ0n) is 18.8.